The van der Waals surface area contributed by atoms with E-state index in [0.29, 0.717) is 15.7 Å². The van der Waals surface area contributed by atoms with Crippen LogP contribution in [0.15, 0.2) is 30.3 Å². The number of hydrogen-bond donors (Lipinski definition) is 1. The molecule has 0 fully saturated rings. The molecule has 0 saturated heterocycles. The molecule has 0 unspecified atom stereocenters. The van der Waals surface area contributed by atoms with Crippen LogP contribution in [-0.4, -0.2) is 25.1 Å². The number of hydrogen-bond acceptors (Lipinski definition) is 5. The Balaban J connectivity index is 2.45. The molecule has 0 spiro atoms. The highest BCUT2D eigenvalue weighted by Gasteiger charge is 2.24. The Hall–Kier alpha value is -2.51. The summed E-state index contributed by atoms with van der Waals surface area (Å²) in [5.74, 6) is -0.370. The van der Waals surface area contributed by atoms with Gasteiger partial charge >= 0.3 is 0 Å². The molecule has 2 rings (SSSR count). The first-order valence-corrected chi connectivity index (χ1v) is 7.29. The van der Waals surface area contributed by atoms with Crippen LogP contribution in [0.2, 0.25) is 10.0 Å². The van der Waals surface area contributed by atoms with Gasteiger partial charge in [-0.2, -0.15) is 0 Å². The average molecular weight is 371 g/mol. The summed E-state index contributed by atoms with van der Waals surface area (Å²) >= 11 is 11.7. The fraction of sp³-hybridized carbons (Fsp3) is 0.133. The number of nitrogens with one attached hydrogen (secondary N) is 1. The molecule has 0 aliphatic heterocycles. The zero-order valence-electron chi connectivity index (χ0n) is 12.6. The molecule has 2 aromatic rings. The molecule has 1 N–H and O–H groups in total. The van der Waals surface area contributed by atoms with E-state index in [1.807, 2.05) is 0 Å². The molecular formula is C15H12Cl2N2O5. The molecule has 0 aliphatic carbocycles. The Morgan fingerprint density at radius 1 is 1.04 bits per heavy atom. The van der Waals surface area contributed by atoms with Gasteiger partial charge in [0.25, 0.3) is 11.6 Å². The monoisotopic (exact) mass is 370 g/mol. The minimum absolute atomic E-state index is 0.145. The number of rotatable bonds is 5. The van der Waals surface area contributed by atoms with E-state index in [2.05, 4.69) is 5.32 Å². The van der Waals surface area contributed by atoms with Gasteiger partial charge in [-0.1, -0.05) is 23.2 Å². The first kappa shape index (κ1) is 17.8. The standard InChI is InChI=1S/C15H12Cl2N2O5/c1-23-13-6-11(12(19(21)22)7-14(13)24-2)15(20)18-10-4-8(16)3-9(17)5-10/h3-7H,1-2H3,(H,18,20). The number of anilines is 1. The largest absolute Gasteiger partial charge is 0.493 e. The summed E-state index contributed by atoms with van der Waals surface area (Å²) in [5, 5.41) is 14.4. The number of halogens is 2. The molecule has 1 amide bonds. The first-order chi connectivity index (χ1) is 11.3. The van der Waals surface area contributed by atoms with Crippen molar-refractivity contribution in [2.75, 3.05) is 19.5 Å². The maximum absolute atomic E-state index is 12.4. The van der Waals surface area contributed by atoms with Crippen molar-refractivity contribution in [3.8, 4) is 11.5 Å². The molecule has 7 nitrogen and oxygen atoms in total. The second-order valence-electron chi connectivity index (χ2n) is 4.59. The summed E-state index contributed by atoms with van der Waals surface area (Å²) in [7, 11) is 2.71. The number of nitro benzene ring substituents is 1. The maximum atomic E-state index is 12.4. The van der Waals surface area contributed by atoms with Crippen LogP contribution in [0.3, 0.4) is 0 Å². The van der Waals surface area contributed by atoms with Gasteiger partial charge in [0, 0.05) is 21.8 Å². The lowest BCUT2D eigenvalue weighted by Crippen LogP contribution is -2.14. The Labute approximate surface area is 147 Å². The van der Waals surface area contributed by atoms with Crippen LogP contribution < -0.4 is 14.8 Å². The highest BCUT2D eigenvalue weighted by atomic mass is 35.5. The van der Waals surface area contributed by atoms with Crippen molar-refractivity contribution in [1.29, 1.82) is 0 Å². The fourth-order valence-corrected chi connectivity index (χ4v) is 2.55. The molecule has 0 radical (unpaired) electrons. The van der Waals surface area contributed by atoms with Crippen LogP contribution in [-0.2, 0) is 0 Å². The van der Waals surface area contributed by atoms with Crippen LogP contribution >= 0.6 is 23.2 Å². The van der Waals surface area contributed by atoms with Crippen molar-refractivity contribution in [1.82, 2.24) is 0 Å². The fourth-order valence-electron chi connectivity index (χ4n) is 2.03. The van der Waals surface area contributed by atoms with Gasteiger partial charge in [-0.05, 0) is 18.2 Å². The average Bonchev–Trinajstić information content (AvgIpc) is 2.52. The van der Waals surface area contributed by atoms with E-state index in [4.69, 9.17) is 32.7 Å². The molecule has 126 valence electrons. The number of carbonyl (C=O) groups is 1. The summed E-state index contributed by atoms with van der Waals surface area (Å²) in [4.78, 5) is 23.0. The van der Waals surface area contributed by atoms with E-state index in [-0.39, 0.29) is 17.1 Å². The second-order valence-corrected chi connectivity index (χ2v) is 5.47. The number of ether oxygens (including phenoxy) is 2. The quantitative estimate of drug-likeness (QED) is 0.629. The third-order valence-corrected chi connectivity index (χ3v) is 3.50. The minimum Gasteiger partial charge on any atom is -0.493 e. The van der Waals surface area contributed by atoms with E-state index in [0.717, 1.165) is 6.07 Å². The number of amides is 1. The predicted molar refractivity (Wildman–Crippen MR) is 90.6 cm³/mol. The summed E-state index contributed by atoms with van der Waals surface area (Å²) in [6, 6.07) is 6.80. The highest BCUT2D eigenvalue weighted by Crippen LogP contribution is 2.35. The summed E-state index contributed by atoms with van der Waals surface area (Å²) < 4.78 is 10.1. The van der Waals surface area contributed by atoms with Gasteiger partial charge < -0.3 is 14.8 Å². The number of benzene rings is 2. The van der Waals surface area contributed by atoms with Gasteiger partial charge in [-0.3, -0.25) is 14.9 Å². The normalized spacial score (nSPS) is 10.2. The maximum Gasteiger partial charge on any atom is 0.286 e. The van der Waals surface area contributed by atoms with E-state index < -0.39 is 16.5 Å². The molecular weight excluding hydrogens is 359 g/mol. The molecule has 24 heavy (non-hydrogen) atoms. The van der Waals surface area contributed by atoms with Crippen LogP contribution in [0.1, 0.15) is 10.4 Å². The second kappa shape index (κ2) is 7.37. The lowest BCUT2D eigenvalue weighted by atomic mass is 10.1. The summed E-state index contributed by atoms with van der Waals surface area (Å²) in [6.07, 6.45) is 0. The van der Waals surface area contributed by atoms with Gasteiger partial charge in [0.1, 0.15) is 5.56 Å². The predicted octanol–water partition coefficient (Wildman–Crippen LogP) is 4.17. The summed E-state index contributed by atoms with van der Waals surface area (Å²) in [6.45, 7) is 0. The Morgan fingerprint density at radius 2 is 1.58 bits per heavy atom. The van der Waals surface area contributed by atoms with Gasteiger partial charge in [0.2, 0.25) is 0 Å². The number of nitrogens with zero attached hydrogens (tertiary/aromatic N) is 1. The van der Waals surface area contributed by atoms with Crippen LogP contribution in [0.4, 0.5) is 11.4 Å². The zero-order chi connectivity index (χ0) is 17.9. The Morgan fingerprint density at radius 3 is 2.08 bits per heavy atom. The van der Waals surface area contributed by atoms with Crippen molar-refractivity contribution in [3.63, 3.8) is 0 Å². The third-order valence-electron chi connectivity index (χ3n) is 3.06. The molecule has 2 aromatic carbocycles. The molecule has 0 saturated carbocycles. The van der Waals surface area contributed by atoms with E-state index >= 15 is 0 Å². The molecule has 0 heterocycles. The first-order valence-electron chi connectivity index (χ1n) is 6.53. The van der Waals surface area contributed by atoms with Gasteiger partial charge in [-0.25, -0.2) is 0 Å². The highest BCUT2D eigenvalue weighted by molar-refractivity contribution is 6.35. The van der Waals surface area contributed by atoms with Gasteiger partial charge in [0.15, 0.2) is 11.5 Å². The Bertz CT molecular complexity index is 790. The van der Waals surface area contributed by atoms with E-state index in [1.165, 1.54) is 38.5 Å². The van der Waals surface area contributed by atoms with Crippen LogP contribution in [0, 0.1) is 10.1 Å². The lowest BCUT2D eigenvalue weighted by molar-refractivity contribution is -0.385. The molecule has 0 atom stereocenters. The smallest absolute Gasteiger partial charge is 0.286 e. The van der Waals surface area contributed by atoms with Crippen molar-refractivity contribution >= 4 is 40.5 Å². The van der Waals surface area contributed by atoms with E-state index in [9.17, 15) is 14.9 Å². The summed E-state index contributed by atoms with van der Waals surface area (Å²) in [5.41, 5.74) is -0.298. The Kier molecular flexibility index (Phi) is 5.48. The molecule has 0 aliphatic rings. The molecule has 0 aromatic heterocycles. The van der Waals surface area contributed by atoms with Crippen molar-refractivity contribution in [2.45, 2.75) is 0 Å². The topological polar surface area (TPSA) is 90.7 Å². The van der Waals surface area contributed by atoms with Gasteiger partial charge in [-0.15, -0.1) is 0 Å². The zero-order valence-corrected chi connectivity index (χ0v) is 14.1. The third kappa shape index (κ3) is 3.87. The van der Waals surface area contributed by atoms with Crippen LogP contribution in [0.25, 0.3) is 0 Å². The molecule has 9 heteroatoms. The minimum atomic E-state index is -0.707. The number of methoxy groups -OCH3 is 2. The SMILES string of the molecule is COc1cc(C(=O)Nc2cc(Cl)cc(Cl)c2)c([N+](=O)[O-])cc1OC. The van der Waals surface area contributed by atoms with Crippen LogP contribution in [0.5, 0.6) is 11.5 Å². The van der Waals surface area contributed by atoms with Crippen molar-refractivity contribution in [3.05, 3.63) is 56.1 Å². The number of nitro groups is 1. The van der Waals surface area contributed by atoms with Crippen molar-refractivity contribution in [2.24, 2.45) is 0 Å². The molecule has 0 bridgehead atoms. The number of carbonyl (C=O) groups excluding carboxylic acids is 1. The van der Waals surface area contributed by atoms with E-state index in [1.54, 1.807) is 0 Å². The lowest BCUT2D eigenvalue weighted by Gasteiger charge is -2.11. The van der Waals surface area contributed by atoms with Crippen molar-refractivity contribution < 1.29 is 19.2 Å². The van der Waals surface area contributed by atoms with Gasteiger partial charge in [0.05, 0.1) is 25.2 Å².